The number of aromatic nitrogens is 4. The molecule has 1 amide bonds. The molecule has 3 rings (SSSR count). The predicted octanol–water partition coefficient (Wildman–Crippen LogP) is 1.68. The first-order chi connectivity index (χ1) is 11.9. The molecule has 9 heteroatoms. The number of aryl methyl sites for hydroxylation is 2. The number of fused-ring (bicyclic) bond motifs is 1. The van der Waals surface area contributed by atoms with Crippen LogP contribution in [0.4, 0.5) is 10.1 Å². The molecule has 0 aliphatic rings. The molecule has 1 aromatic carbocycles. The van der Waals surface area contributed by atoms with Crippen molar-refractivity contribution in [1.82, 2.24) is 19.6 Å². The second-order valence-electron chi connectivity index (χ2n) is 5.29. The fourth-order valence-corrected chi connectivity index (χ4v) is 2.20. The Morgan fingerprint density at radius 3 is 2.76 bits per heavy atom. The number of hydrogen-bond donors (Lipinski definition) is 1. The number of halogens is 1. The summed E-state index contributed by atoms with van der Waals surface area (Å²) in [6, 6.07) is 7.47. The van der Waals surface area contributed by atoms with Gasteiger partial charge < -0.3 is 10.1 Å². The topological polar surface area (TPSA) is 98.5 Å². The Morgan fingerprint density at radius 1 is 1.24 bits per heavy atom. The average Bonchev–Trinajstić information content (AvgIpc) is 2.99. The van der Waals surface area contributed by atoms with Gasteiger partial charge in [-0.3, -0.25) is 4.79 Å². The molecule has 8 nitrogen and oxygen atoms in total. The summed E-state index contributed by atoms with van der Waals surface area (Å²) in [7, 11) is 0. The summed E-state index contributed by atoms with van der Waals surface area (Å²) >= 11 is 0. The smallest absolute Gasteiger partial charge is 0.378 e. The molecule has 0 spiro atoms. The highest BCUT2D eigenvalue weighted by Crippen LogP contribution is 2.12. The van der Waals surface area contributed by atoms with Gasteiger partial charge in [-0.1, -0.05) is 12.1 Å². The minimum Gasteiger partial charge on any atom is -0.450 e. The molecule has 2 heterocycles. The van der Waals surface area contributed by atoms with Crippen LogP contribution in [0.3, 0.4) is 0 Å². The maximum absolute atomic E-state index is 13.5. The van der Waals surface area contributed by atoms with Crippen molar-refractivity contribution < 1.29 is 18.7 Å². The van der Waals surface area contributed by atoms with E-state index < -0.39 is 24.3 Å². The Balaban J connectivity index is 1.65. The van der Waals surface area contributed by atoms with Crippen LogP contribution in [0.2, 0.25) is 0 Å². The van der Waals surface area contributed by atoms with Gasteiger partial charge in [0.25, 0.3) is 17.5 Å². The van der Waals surface area contributed by atoms with E-state index in [0.717, 1.165) is 11.4 Å². The number of carbonyl (C=O) groups is 2. The number of hydrogen-bond acceptors (Lipinski definition) is 6. The Morgan fingerprint density at radius 2 is 2.00 bits per heavy atom. The minimum atomic E-state index is -0.869. The van der Waals surface area contributed by atoms with E-state index in [1.165, 1.54) is 22.7 Å². The van der Waals surface area contributed by atoms with Crippen molar-refractivity contribution in [1.29, 1.82) is 0 Å². The Bertz CT molecular complexity index is 970. The number of anilines is 1. The summed E-state index contributed by atoms with van der Waals surface area (Å²) in [6.45, 7) is 3.01. The second kappa shape index (κ2) is 6.63. The van der Waals surface area contributed by atoms with Gasteiger partial charge in [0.2, 0.25) is 0 Å². The van der Waals surface area contributed by atoms with Crippen LogP contribution in [0.5, 0.6) is 0 Å². The molecule has 0 aliphatic carbocycles. The number of nitrogens with zero attached hydrogens (tertiary/aromatic N) is 4. The molecule has 0 saturated heterocycles. The fraction of sp³-hybridized carbons (Fsp3) is 0.188. The molecule has 0 saturated carbocycles. The predicted molar refractivity (Wildman–Crippen MR) is 85.6 cm³/mol. The van der Waals surface area contributed by atoms with Crippen LogP contribution in [0.25, 0.3) is 5.78 Å². The lowest BCUT2D eigenvalue weighted by molar-refractivity contribution is -0.119. The summed E-state index contributed by atoms with van der Waals surface area (Å²) in [4.78, 5) is 31.9. The Hall–Kier alpha value is -3.36. The lowest BCUT2D eigenvalue weighted by Gasteiger charge is -2.06. The van der Waals surface area contributed by atoms with Gasteiger partial charge in [-0.15, -0.1) is 5.10 Å². The summed E-state index contributed by atoms with van der Waals surface area (Å²) in [5, 5.41) is 6.32. The zero-order valence-corrected chi connectivity index (χ0v) is 13.5. The van der Waals surface area contributed by atoms with Gasteiger partial charge >= 0.3 is 5.97 Å². The van der Waals surface area contributed by atoms with Gasteiger partial charge in [-0.25, -0.2) is 18.7 Å². The van der Waals surface area contributed by atoms with Crippen molar-refractivity contribution >= 4 is 23.3 Å². The molecule has 0 radical (unpaired) electrons. The maximum atomic E-state index is 13.5. The number of nitrogens with one attached hydrogen (secondary N) is 1. The van der Waals surface area contributed by atoms with Gasteiger partial charge in [-0.05, 0) is 32.0 Å². The van der Waals surface area contributed by atoms with E-state index in [-0.39, 0.29) is 17.3 Å². The van der Waals surface area contributed by atoms with Gasteiger partial charge in [-0.2, -0.15) is 4.98 Å². The molecule has 0 atom stereocenters. The Kier molecular flexibility index (Phi) is 4.38. The number of para-hydroxylation sites is 1. The SMILES string of the molecule is Cc1cc(C)n2nc(C(=O)OCC(=O)Nc3ccccc3F)nc2n1. The van der Waals surface area contributed by atoms with E-state index in [0.29, 0.717) is 0 Å². The van der Waals surface area contributed by atoms with Gasteiger partial charge in [0, 0.05) is 11.4 Å². The third-order valence-electron chi connectivity index (χ3n) is 3.28. The molecule has 0 aliphatic heterocycles. The average molecular weight is 343 g/mol. The number of ether oxygens (including phenoxy) is 1. The summed E-state index contributed by atoms with van der Waals surface area (Å²) in [5.74, 6) is -2.07. The van der Waals surface area contributed by atoms with E-state index in [1.807, 2.05) is 0 Å². The lowest BCUT2D eigenvalue weighted by atomic mass is 10.3. The fourth-order valence-electron chi connectivity index (χ4n) is 2.20. The minimum absolute atomic E-state index is 0.00436. The molecule has 2 aromatic heterocycles. The molecule has 0 unspecified atom stereocenters. The second-order valence-corrected chi connectivity index (χ2v) is 5.29. The summed E-state index contributed by atoms with van der Waals surface area (Å²) < 4.78 is 19.7. The molecular formula is C16H14FN5O3. The van der Waals surface area contributed by atoms with Crippen LogP contribution in [-0.4, -0.2) is 38.1 Å². The Labute approximate surface area is 141 Å². The number of rotatable bonds is 4. The van der Waals surface area contributed by atoms with Crippen LogP contribution in [0.1, 0.15) is 22.0 Å². The van der Waals surface area contributed by atoms with Crippen molar-refractivity contribution in [2.75, 3.05) is 11.9 Å². The highest BCUT2D eigenvalue weighted by molar-refractivity contribution is 5.94. The quantitative estimate of drug-likeness (QED) is 0.724. The van der Waals surface area contributed by atoms with Crippen molar-refractivity contribution in [3.05, 3.63) is 53.4 Å². The van der Waals surface area contributed by atoms with E-state index in [9.17, 15) is 14.0 Å². The van der Waals surface area contributed by atoms with Crippen LogP contribution in [0.15, 0.2) is 30.3 Å². The molecule has 25 heavy (non-hydrogen) atoms. The zero-order chi connectivity index (χ0) is 18.0. The summed E-state index contributed by atoms with van der Waals surface area (Å²) in [6.07, 6.45) is 0. The van der Waals surface area contributed by atoms with Crippen LogP contribution in [-0.2, 0) is 9.53 Å². The molecule has 128 valence electrons. The number of amides is 1. The normalized spacial score (nSPS) is 10.7. The lowest BCUT2D eigenvalue weighted by Crippen LogP contribution is -2.22. The molecule has 0 fully saturated rings. The summed E-state index contributed by atoms with van der Waals surface area (Å²) in [5.41, 5.74) is 1.50. The van der Waals surface area contributed by atoms with Crippen molar-refractivity contribution in [3.8, 4) is 0 Å². The van der Waals surface area contributed by atoms with Crippen LogP contribution < -0.4 is 5.32 Å². The van der Waals surface area contributed by atoms with Gasteiger partial charge in [0.1, 0.15) is 5.82 Å². The maximum Gasteiger partial charge on any atom is 0.378 e. The highest BCUT2D eigenvalue weighted by Gasteiger charge is 2.18. The van der Waals surface area contributed by atoms with Crippen molar-refractivity contribution in [2.24, 2.45) is 0 Å². The zero-order valence-electron chi connectivity index (χ0n) is 13.5. The van der Waals surface area contributed by atoms with E-state index in [2.05, 4.69) is 20.4 Å². The number of esters is 1. The first kappa shape index (κ1) is 16.5. The first-order valence-corrected chi connectivity index (χ1v) is 7.36. The first-order valence-electron chi connectivity index (χ1n) is 7.36. The third kappa shape index (κ3) is 3.60. The molecule has 1 N–H and O–H groups in total. The highest BCUT2D eigenvalue weighted by atomic mass is 19.1. The third-order valence-corrected chi connectivity index (χ3v) is 3.28. The standard InChI is InChI=1S/C16H14FN5O3/c1-9-7-10(2)22-16(18-9)20-14(21-22)15(24)25-8-13(23)19-12-6-4-3-5-11(12)17/h3-7H,8H2,1-2H3,(H,19,23). The van der Waals surface area contributed by atoms with Gasteiger partial charge in [0.15, 0.2) is 6.61 Å². The van der Waals surface area contributed by atoms with E-state index in [1.54, 1.807) is 26.0 Å². The van der Waals surface area contributed by atoms with E-state index >= 15 is 0 Å². The van der Waals surface area contributed by atoms with Crippen molar-refractivity contribution in [3.63, 3.8) is 0 Å². The van der Waals surface area contributed by atoms with E-state index in [4.69, 9.17) is 4.74 Å². The van der Waals surface area contributed by atoms with Crippen LogP contribution in [0, 0.1) is 19.7 Å². The van der Waals surface area contributed by atoms with Gasteiger partial charge in [0.05, 0.1) is 5.69 Å². The van der Waals surface area contributed by atoms with Crippen LogP contribution >= 0.6 is 0 Å². The molecule has 0 bridgehead atoms. The number of carbonyl (C=O) groups excluding carboxylic acids is 2. The van der Waals surface area contributed by atoms with Crippen molar-refractivity contribution in [2.45, 2.75) is 13.8 Å². The monoisotopic (exact) mass is 343 g/mol. The molecular weight excluding hydrogens is 329 g/mol. The molecule has 3 aromatic rings. The largest absolute Gasteiger partial charge is 0.450 e. The number of benzene rings is 1.